The van der Waals surface area contributed by atoms with E-state index in [9.17, 15) is 38.6 Å². The summed E-state index contributed by atoms with van der Waals surface area (Å²) in [6.45, 7) is -1.43. The summed E-state index contributed by atoms with van der Waals surface area (Å²) in [6.07, 6.45) is -3.64. The average molecular weight is 597 g/mol. The van der Waals surface area contributed by atoms with E-state index in [1.807, 2.05) is 0 Å². The summed E-state index contributed by atoms with van der Waals surface area (Å²) < 4.78 is 60.2. The fourth-order valence-corrected chi connectivity index (χ4v) is 6.87. The number of phosphoric ester groups is 2. The van der Waals surface area contributed by atoms with Crippen LogP contribution in [0.3, 0.4) is 0 Å². The number of nitrogens with two attached hydrogens (primary N) is 1. The number of aliphatic hydroxyl groups excluding tert-OH is 2. The number of fused-ring (bicyclic) bond motifs is 1. The van der Waals surface area contributed by atoms with E-state index < -0.39 is 61.2 Å². The third-order valence-corrected chi connectivity index (χ3v) is 9.28. The number of anilines is 1. The molecule has 2 aromatic heterocycles. The van der Waals surface area contributed by atoms with E-state index in [0.29, 0.717) is 5.56 Å². The van der Waals surface area contributed by atoms with Crippen molar-refractivity contribution in [2.45, 2.75) is 31.1 Å². The molecule has 7 N–H and O–H groups in total. The van der Waals surface area contributed by atoms with Crippen molar-refractivity contribution in [1.82, 2.24) is 19.5 Å². The van der Waals surface area contributed by atoms with Crippen molar-refractivity contribution in [3.8, 4) is 0 Å². The van der Waals surface area contributed by atoms with Crippen LogP contribution in [-0.2, 0) is 42.7 Å². The fourth-order valence-electron chi connectivity index (χ4n) is 3.37. The molecule has 1 aromatic carbocycles. The molecule has 18 nitrogen and oxygen atoms in total. The maximum atomic E-state index is 12.2. The Morgan fingerprint density at radius 2 is 1.58 bits per heavy atom. The molecule has 7 atom stereocenters. The summed E-state index contributed by atoms with van der Waals surface area (Å²) in [4.78, 5) is 41.0. The van der Waals surface area contributed by atoms with Gasteiger partial charge in [0.15, 0.2) is 17.7 Å². The molecule has 38 heavy (non-hydrogen) atoms. The summed E-state index contributed by atoms with van der Waals surface area (Å²) in [5.41, 5.74) is 6.49. The number of hydrogen-bond donors (Lipinski definition) is 6. The zero-order valence-corrected chi connectivity index (χ0v) is 21.7. The predicted molar refractivity (Wildman–Crippen MR) is 124 cm³/mol. The van der Waals surface area contributed by atoms with Crippen LogP contribution in [0.15, 0.2) is 43.0 Å². The molecular weight excluding hydrogens is 575 g/mol. The summed E-state index contributed by atoms with van der Waals surface area (Å²) in [5, 5.41) is 20.7. The van der Waals surface area contributed by atoms with Gasteiger partial charge in [0.05, 0.1) is 19.5 Å². The largest absolute Gasteiger partial charge is 0.490 e. The Hall–Kier alpha value is -2.14. The molecular formula is C17H22N5O13P3. The normalized spacial score (nSPS) is 26.6. The zero-order valence-electron chi connectivity index (χ0n) is 19.0. The topological polar surface area (TPSA) is 268 Å². The quantitative estimate of drug-likeness (QED) is 0.165. The number of ether oxygens (including phenoxy) is 1. The highest BCUT2D eigenvalue weighted by Gasteiger charge is 2.47. The van der Waals surface area contributed by atoms with Crippen molar-refractivity contribution in [2.75, 3.05) is 12.3 Å². The number of rotatable bonds is 11. The molecule has 1 aliphatic heterocycles. The third kappa shape index (κ3) is 6.89. The highest BCUT2D eigenvalue weighted by atomic mass is 31.3. The van der Waals surface area contributed by atoms with Crippen LogP contribution in [0, 0.1) is 0 Å². The second kappa shape index (κ2) is 11.2. The van der Waals surface area contributed by atoms with Crippen molar-refractivity contribution in [3.05, 3.63) is 48.5 Å². The van der Waals surface area contributed by atoms with E-state index >= 15 is 0 Å². The minimum absolute atomic E-state index is 0.0496. The first-order valence-electron chi connectivity index (χ1n) is 10.5. The molecule has 4 rings (SSSR count). The van der Waals surface area contributed by atoms with Crippen molar-refractivity contribution >= 4 is 40.4 Å². The average Bonchev–Trinajstić information content (AvgIpc) is 3.38. The van der Waals surface area contributed by atoms with Crippen molar-refractivity contribution in [2.24, 2.45) is 0 Å². The Balaban J connectivity index is 1.35. The monoisotopic (exact) mass is 597 g/mol. The molecule has 21 heteroatoms. The Morgan fingerprint density at radius 3 is 2.26 bits per heavy atom. The number of nitrogen functional groups attached to an aromatic ring is 1. The molecule has 0 amide bonds. The number of imidazole rings is 1. The Kier molecular flexibility index (Phi) is 8.47. The molecule has 0 aliphatic carbocycles. The molecule has 0 radical (unpaired) electrons. The highest BCUT2D eigenvalue weighted by Crippen LogP contribution is 2.67. The van der Waals surface area contributed by atoms with E-state index in [0.717, 1.165) is 6.33 Å². The molecule has 1 saturated heterocycles. The van der Waals surface area contributed by atoms with Crippen LogP contribution in [0.4, 0.5) is 5.82 Å². The minimum Gasteiger partial charge on any atom is -0.387 e. The molecule has 0 bridgehead atoms. The molecule has 3 heterocycles. The van der Waals surface area contributed by atoms with Crippen LogP contribution >= 0.6 is 23.5 Å². The van der Waals surface area contributed by atoms with Crippen molar-refractivity contribution in [1.29, 1.82) is 0 Å². The minimum atomic E-state index is -5.70. The molecule has 0 spiro atoms. The van der Waals surface area contributed by atoms with Crippen LogP contribution in [0.5, 0.6) is 0 Å². The SMILES string of the molecule is Nc1ncnc2c1ncn2[C@@H]1O[C@H](COP(=O)(O)OP(=O)(O)OP(=O)(O)OCc2ccccc2)[C@@H](O)[C@H]1O. The van der Waals surface area contributed by atoms with Gasteiger partial charge < -0.3 is 35.4 Å². The van der Waals surface area contributed by atoms with Gasteiger partial charge in [-0.3, -0.25) is 13.6 Å². The Morgan fingerprint density at radius 1 is 0.921 bits per heavy atom. The number of nitrogens with zero attached hydrogens (tertiary/aromatic N) is 4. The Labute approximate surface area is 213 Å². The summed E-state index contributed by atoms with van der Waals surface area (Å²) in [6, 6.07) is 7.95. The summed E-state index contributed by atoms with van der Waals surface area (Å²) >= 11 is 0. The Bertz CT molecular complexity index is 1430. The molecule has 1 fully saturated rings. The van der Waals surface area contributed by atoms with Gasteiger partial charge in [0.1, 0.15) is 30.2 Å². The summed E-state index contributed by atoms with van der Waals surface area (Å²) in [7, 11) is -16.4. The van der Waals surface area contributed by atoms with Gasteiger partial charge in [-0.1, -0.05) is 30.3 Å². The van der Waals surface area contributed by atoms with E-state index in [4.69, 9.17) is 10.5 Å². The third-order valence-electron chi connectivity index (χ3n) is 5.05. The lowest BCUT2D eigenvalue weighted by Crippen LogP contribution is -2.33. The van der Waals surface area contributed by atoms with Crippen LogP contribution in [0.2, 0.25) is 0 Å². The van der Waals surface area contributed by atoms with Crippen LogP contribution < -0.4 is 5.73 Å². The van der Waals surface area contributed by atoms with Gasteiger partial charge in [-0.15, -0.1) is 0 Å². The number of aliphatic hydroxyl groups is 2. The first kappa shape index (κ1) is 28.9. The number of phosphoric acid groups is 3. The molecule has 208 valence electrons. The van der Waals surface area contributed by atoms with Gasteiger partial charge in [-0.05, 0) is 5.56 Å². The van der Waals surface area contributed by atoms with Crippen molar-refractivity contribution < 1.29 is 61.0 Å². The van der Waals surface area contributed by atoms with Gasteiger partial charge >= 0.3 is 23.5 Å². The molecule has 3 unspecified atom stereocenters. The lowest BCUT2D eigenvalue weighted by atomic mass is 10.1. The van der Waals surface area contributed by atoms with Crippen molar-refractivity contribution in [3.63, 3.8) is 0 Å². The lowest BCUT2D eigenvalue weighted by molar-refractivity contribution is -0.0503. The number of aromatic nitrogens is 4. The predicted octanol–water partition coefficient (Wildman–Crippen LogP) is 0.595. The standard InChI is InChI=1S/C17H22N5O13P3/c18-15-12-16(20-8-19-15)22(9-21-12)17-14(24)13(23)11(33-17)7-32-37(27,28)35-38(29,30)34-36(25,26)31-6-10-4-2-1-3-5-10/h1-5,8-9,11,13-14,17,23-24H,6-7H2,(H,25,26)(H,27,28)(H,29,30)(H2,18,19,20)/t11-,13-,14-,17-/m1/s1. The van der Waals surface area contributed by atoms with Crippen LogP contribution in [-0.4, -0.2) is 69.3 Å². The summed E-state index contributed by atoms with van der Waals surface area (Å²) in [5.74, 6) is 0.0496. The molecule has 0 saturated carbocycles. The fraction of sp³-hybridized carbons (Fsp3) is 0.353. The van der Waals surface area contributed by atoms with Gasteiger partial charge in [-0.25, -0.2) is 28.6 Å². The lowest BCUT2D eigenvalue weighted by Gasteiger charge is -2.20. The van der Waals surface area contributed by atoms with E-state index in [1.165, 1.54) is 23.0 Å². The first-order chi connectivity index (χ1) is 17.8. The van der Waals surface area contributed by atoms with E-state index in [1.54, 1.807) is 18.2 Å². The van der Waals surface area contributed by atoms with Crippen LogP contribution in [0.1, 0.15) is 11.8 Å². The zero-order chi connectivity index (χ0) is 27.7. The first-order valence-corrected chi connectivity index (χ1v) is 14.9. The van der Waals surface area contributed by atoms with Crippen LogP contribution in [0.25, 0.3) is 11.2 Å². The second-order valence-corrected chi connectivity index (χ2v) is 12.4. The van der Waals surface area contributed by atoms with Gasteiger partial charge in [0.2, 0.25) is 0 Å². The maximum absolute atomic E-state index is 12.2. The van der Waals surface area contributed by atoms with Gasteiger partial charge in [0.25, 0.3) is 0 Å². The van der Waals surface area contributed by atoms with E-state index in [-0.39, 0.29) is 17.0 Å². The van der Waals surface area contributed by atoms with Gasteiger partial charge in [0, 0.05) is 0 Å². The molecule has 1 aliphatic rings. The number of hydrogen-bond acceptors (Lipinski definition) is 14. The smallest absolute Gasteiger partial charge is 0.387 e. The van der Waals surface area contributed by atoms with Gasteiger partial charge in [-0.2, -0.15) is 8.62 Å². The van der Waals surface area contributed by atoms with E-state index in [2.05, 4.69) is 32.6 Å². The highest BCUT2D eigenvalue weighted by molar-refractivity contribution is 7.66. The maximum Gasteiger partial charge on any atom is 0.490 e. The second-order valence-electron chi connectivity index (χ2n) is 7.75. The number of benzene rings is 1. The molecule has 3 aromatic rings.